The molecule has 16 heavy (non-hydrogen) atoms. The minimum absolute atomic E-state index is 0.324. The molecule has 1 aromatic rings. The monoisotopic (exact) mass is 238 g/mol. The van der Waals surface area contributed by atoms with Crippen LogP contribution in [0.1, 0.15) is 23.6 Å². The average Bonchev–Trinajstić information content (AvgIpc) is 2.24. The van der Waals surface area contributed by atoms with Gasteiger partial charge in [0.25, 0.3) is 0 Å². The number of benzene rings is 1. The first-order chi connectivity index (χ1) is 7.45. The lowest BCUT2D eigenvalue weighted by Crippen LogP contribution is -2.13. The van der Waals surface area contributed by atoms with Crippen LogP contribution in [0.15, 0.2) is 17.0 Å². The van der Waals surface area contributed by atoms with Gasteiger partial charge in [0, 0.05) is 4.90 Å². The molecular formula is C13H18O2S. The van der Waals surface area contributed by atoms with Crippen LogP contribution in [0.5, 0.6) is 0 Å². The fourth-order valence-corrected chi connectivity index (χ4v) is 2.20. The summed E-state index contributed by atoms with van der Waals surface area (Å²) in [6.07, 6.45) is 2.64. The van der Waals surface area contributed by atoms with E-state index in [9.17, 15) is 4.79 Å². The third-order valence-electron chi connectivity index (χ3n) is 2.93. The van der Waals surface area contributed by atoms with E-state index < -0.39 is 5.97 Å². The maximum Gasteiger partial charge on any atom is 0.306 e. The summed E-state index contributed by atoms with van der Waals surface area (Å²) in [5.41, 5.74) is 3.60. The van der Waals surface area contributed by atoms with E-state index in [0.717, 1.165) is 5.56 Å². The molecular weight excluding hydrogens is 220 g/mol. The lowest BCUT2D eigenvalue weighted by Gasteiger charge is -2.13. The number of aliphatic carboxylic acids is 1. The van der Waals surface area contributed by atoms with Crippen molar-refractivity contribution < 1.29 is 9.90 Å². The molecule has 1 unspecified atom stereocenters. The Morgan fingerprint density at radius 3 is 2.56 bits per heavy atom. The van der Waals surface area contributed by atoms with Crippen molar-refractivity contribution in [1.29, 1.82) is 0 Å². The molecule has 0 saturated heterocycles. The van der Waals surface area contributed by atoms with Crippen molar-refractivity contribution in [2.75, 3.05) is 6.26 Å². The number of hydrogen-bond donors (Lipinski definition) is 1. The van der Waals surface area contributed by atoms with Crippen LogP contribution in [0, 0.1) is 19.8 Å². The molecule has 3 heteroatoms. The van der Waals surface area contributed by atoms with Gasteiger partial charge in [-0.25, -0.2) is 0 Å². The van der Waals surface area contributed by atoms with Crippen molar-refractivity contribution in [3.05, 3.63) is 28.8 Å². The number of carbonyl (C=O) groups is 1. The Labute approximate surface area is 101 Å². The number of aryl methyl sites for hydroxylation is 1. The lowest BCUT2D eigenvalue weighted by atomic mass is 9.95. The third kappa shape index (κ3) is 3.01. The van der Waals surface area contributed by atoms with Crippen molar-refractivity contribution in [3.8, 4) is 0 Å². The van der Waals surface area contributed by atoms with Gasteiger partial charge in [-0.05, 0) is 55.3 Å². The van der Waals surface area contributed by atoms with Crippen molar-refractivity contribution >= 4 is 17.7 Å². The molecule has 0 radical (unpaired) electrons. The van der Waals surface area contributed by atoms with E-state index in [0.29, 0.717) is 6.42 Å². The number of carboxylic acids is 1. The van der Waals surface area contributed by atoms with E-state index in [1.807, 2.05) is 6.26 Å². The predicted molar refractivity (Wildman–Crippen MR) is 68.2 cm³/mol. The molecule has 0 aliphatic carbocycles. The van der Waals surface area contributed by atoms with Gasteiger partial charge in [0.15, 0.2) is 0 Å². The Kier molecular flexibility index (Phi) is 4.42. The van der Waals surface area contributed by atoms with Gasteiger partial charge in [0.1, 0.15) is 0 Å². The SMILES string of the molecule is CSc1cc(C)c(C)c(CC(C)C(=O)O)c1. The van der Waals surface area contributed by atoms with Gasteiger partial charge >= 0.3 is 5.97 Å². The molecule has 0 aromatic heterocycles. The first-order valence-electron chi connectivity index (χ1n) is 5.32. The van der Waals surface area contributed by atoms with Gasteiger partial charge in [-0.15, -0.1) is 11.8 Å². The van der Waals surface area contributed by atoms with E-state index in [1.165, 1.54) is 16.0 Å². The number of hydrogen-bond acceptors (Lipinski definition) is 2. The van der Waals surface area contributed by atoms with Gasteiger partial charge in [-0.2, -0.15) is 0 Å². The highest BCUT2D eigenvalue weighted by Gasteiger charge is 2.14. The van der Waals surface area contributed by atoms with E-state index in [2.05, 4.69) is 26.0 Å². The zero-order valence-corrected chi connectivity index (χ0v) is 11.0. The number of carboxylic acid groups (broad SMARTS) is 1. The highest BCUT2D eigenvalue weighted by molar-refractivity contribution is 7.98. The van der Waals surface area contributed by atoms with E-state index in [-0.39, 0.29) is 5.92 Å². The summed E-state index contributed by atoms with van der Waals surface area (Å²) in [7, 11) is 0. The fourth-order valence-electron chi connectivity index (χ4n) is 1.64. The topological polar surface area (TPSA) is 37.3 Å². The van der Waals surface area contributed by atoms with Crippen molar-refractivity contribution in [3.63, 3.8) is 0 Å². The quantitative estimate of drug-likeness (QED) is 0.818. The molecule has 0 fully saturated rings. The summed E-state index contributed by atoms with van der Waals surface area (Å²) in [5.74, 6) is -1.05. The van der Waals surface area contributed by atoms with Crippen LogP contribution >= 0.6 is 11.8 Å². The predicted octanol–water partition coefficient (Wildman–Crippen LogP) is 3.29. The normalized spacial score (nSPS) is 12.5. The minimum Gasteiger partial charge on any atom is -0.481 e. The molecule has 0 heterocycles. The van der Waals surface area contributed by atoms with Crippen LogP contribution in [-0.2, 0) is 11.2 Å². The van der Waals surface area contributed by atoms with Crippen LogP contribution in [0.2, 0.25) is 0 Å². The number of thioether (sulfide) groups is 1. The van der Waals surface area contributed by atoms with E-state index >= 15 is 0 Å². The van der Waals surface area contributed by atoms with Crippen molar-refractivity contribution in [2.45, 2.75) is 32.1 Å². The van der Waals surface area contributed by atoms with Crippen LogP contribution in [0.25, 0.3) is 0 Å². The third-order valence-corrected chi connectivity index (χ3v) is 3.64. The Bertz CT molecular complexity index is 399. The zero-order chi connectivity index (χ0) is 12.3. The fraction of sp³-hybridized carbons (Fsp3) is 0.462. The van der Waals surface area contributed by atoms with Gasteiger partial charge < -0.3 is 5.11 Å². The van der Waals surface area contributed by atoms with Gasteiger partial charge in [0.2, 0.25) is 0 Å². The maximum absolute atomic E-state index is 10.8. The molecule has 0 amide bonds. The number of rotatable bonds is 4. The van der Waals surface area contributed by atoms with Crippen LogP contribution in [-0.4, -0.2) is 17.3 Å². The maximum atomic E-state index is 10.8. The molecule has 1 aromatic carbocycles. The summed E-state index contributed by atoms with van der Waals surface area (Å²) in [4.78, 5) is 12.1. The average molecular weight is 238 g/mol. The summed E-state index contributed by atoms with van der Waals surface area (Å²) < 4.78 is 0. The smallest absolute Gasteiger partial charge is 0.306 e. The van der Waals surface area contributed by atoms with Crippen LogP contribution < -0.4 is 0 Å². The molecule has 88 valence electrons. The molecule has 0 saturated carbocycles. The second kappa shape index (κ2) is 5.39. The van der Waals surface area contributed by atoms with Crippen LogP contribution in [0.3, 0.4) is 0 Å². The summed E-state index contributed by atoms with van der Waals surface area (Å²) in [5, 5.41) is 8.92. The molecule has 1 atom stereocenters. The van der Waals surface area contributed by atoms with Gasteiger partial charge in [-0.1, -0.05) is 6.92 Å². The van der Waals surface area contributed by atoms with Gasteiger partial charge in [-0.3, -0.25) is 4.79 Å². The Morgan fingerprint density at radius 1 is 1.44 bits per heavy atom. The first kappa shape index (κ1) is 13.1. The second-order valence-corrected chi connectivity index (χ2v) is 5.05. The summed E-state index contributed by atoms with van der Waals surface area (Å²) >= 11 is 1.69. The first-order valence-corrected chi connectivity index (χ1v) is 6.55. The Balaban J connectivity index is 3.03. The highest BCUT2D eigenvalue weighted by atomic mass is 32.2. The van der Waals surface area contributed by atoms with Crippen molar-refractivity contribution in [1.82, 2.24) is 0 Å². The van der Waals surface area contributed by atoms with Crippen molar-refractivity contribution in [2.24, 2.45) is 5.92 Å². The highest BCUT2D eigenvalue weighted by Crippen LogP contribution is 2.24. The minimum atomic E-state index is -0.730. The molecule has 0 spiro atoms. The summed E-state index contributed by atoms with van der Waals surface area (Å²) in [6, 6.07) is 4.25. The van der Waals surface area contributed by atoms with E-state index in [4.69, 9.17) is 5.11 Å². The standard InChI is InChI=1S/C13H18O2S/c1-8-6-12(16-4)7-11(10(8)3)5-9(2)13(14)15/h6-7,9H,5H2,1-4H3,(H,14,15). The Morgan fingerprint density at radius 2 is 2.06 bits per heavy atom. The van der Waals surface area contributed by atoms with Gasteiger partial charge in [0.05, 0.1) is 5.92 Å². The van der Waals surface area contributed by atoms with E-state index in [1.54, 1.807) is 18.7 Å². The molecule has 0 aliphatic rings. The lowest BCUT2D eigenvalue weighted by molar-refractivity contribution is -0.141. The summed E-state index contributed by atoms with van der Waals surface area (Å²) in [6.45, 7) is 5.89. The van der Waals surface area contributed by atoms with Crippen LogP contribution in [0.4, 0.5) is 0 Å². The molecule has 1 N–H and O–H groups in total. The molecule has 1 rings (SSSR count). The molecule has 0 aliphatic heterocycles. The molecule has 0 bridgehead atoms. The zero-order valence-electron chi connectivity index (χ0n) is 10.2. The second-order valence-electron chi connectivity index (χ2n) is 4.17. The Hall–Kier alpha value is -0.960. The largest absolute Gasteiger partial charge is 0.481 e. The molecule has 2 nitrogen and oxygen atoms in total.